The summed E-state index contributed by atoms with van der Waals surface area (Å²) in [5.41, 5.74) is 1.72. The van der Waals surface area contributed by atoms with E-state index in [4.69, 9.17) is 9.47 Å². The van der Waals surface area contributed by atoms with Gasteiger partial charge in [-0.2, -0.15) is 0 Å². The van der Waals surface area contributed by atoms with Gasteiger partial charge in [-0.25, -0.2) is 0 Å². The van der Waals surface area contributed by atoms with Gasteiger partial charge >= 0.3 is 0 Å². The van der Waals surface area contributed by atoms with Gasteiger partial charge in [0.1, 0.15) is 23.0 Å². The van der Waals surface area contributed by atoms with Crippen LogP contribution in [-0.2, 0) is 0 Å². The van der Waals surface area contributed by atoms with Crippen LogP contribution >= 0.6 is 0 Å². The second kappa shape index (κ2) is 14.4. The second-order valence-corrected chi connectivity index (χ2v) is 9.24. The highest BCUT2D eigenvalue weighted by Gasteiger charge is 2.11. The summed E-state index contributed by atoms with van der Waals surface area (Å²) in [5.74, 6) is 15.4. The van der Waals surface area contributed by atoms with E-state index in [9.17, 15) is 0 Å². The molecule has 0 aliphatic carbocycles. The molecular weight excluding hydrogens is 500 g/mol. The van der Waals surface area contributed by atoms with Gasteiger partial charge in [0, 0.05) is 35.9 Å². The van der Waals surface area contributed by atoms with Crippen molar-refractivity contribution in [3.05, 3.63) is 97.1 Å². The van der Waals surface area contributed by atoms with Crippen LogP contribution in [0.5, 0.6) is 23.0 Å². The molecule has 8 heteroatoms. The first-order valence-electron chi connectivity index (χ1n) is 13.4. The Labute approximate surface area is 234 Å². The van der Waals surface area contributed by atoms with Crippen LogP contribution in [0.3, 0.4) is 0 Å². The molecule has 200 valence electrons. The number of aromatic nitrogens is 4. The average Bonchev–Trinajstić information content (AvgIpc) is 3.72. The molecule has 2 saturated heterocycles. The Hall–Kier alpha value is -4.76. The summed E-state index contributed by atoms with van der Waals surface area (Å²) in [5, 5.41) is 6.70. The molecule has 0 spiro atoms. The molecule has 2 aliphatic rings. The van der Waals surface area contributed by atoms with E-state index < -0.39 is 0 Å². The molecule has 2 N–H and O–H groups in total. The SMILES string of the molecule is C(#C[C@@H]1CCCN1)c1cncc(Oc2cccnc2)c1.C(#C[C@H]1CCCN1)c1cncc(Oc2cccnc2)c1. The molecule has 0 amide bonds. The van der Waals surface area contributed by atoms with Crippen molar-refractivity contribution in [3.63, 3.8) is 0 Å². The van der Waals surface area contributed by atoms with Crippen LogP contribution in [0.4, 0.5) is 0 Å². The van der Waals surface area contributed by atoms with Gasteiger partial charge in [-0.15, -0.1) is 0 Å². The molecule has 0 saturated carbocycles. The van der Waals surface area contributed by atoms with Crippen molar-refractivity contribution in [3.8, 4) is 46.7 Å². The summed E-state index contributed by atoms with van der Waals surface area (Å²) in [6.45, 7) is 2.11. The first-order chi connectivity index (χ1) is 19.8. The van der Waals surface area contributed by atoms with E-state index in [1.54, 1.807) is 49.6 Å². The lowest BCUT2D eigenvalue weighted by Gasteiger charge is -2.04. The minimum atomic E-state index is 0.304. The van der Waals surface area contributed by atoms with Crippen LogP contribution in [0.1, 0.15) is 36.8 Å². The first-order valence-corrected chi connectivity index (χ1v) is 13.4. The standard InChI is InChI=1S/2C16H15N3O/c2*1-3-14(19-8-1)6-5-13-9-16(12-18-10-13)20-15-4-2-7-17-11-15/h2*2,4,7,9-12,14,19H,1,3,8H2/t2*14-/m10/s1. The highest BCUT2D eigenvalue weighted by molar-refractivity contribution is 5.40. The molecule has 6 rings (SSSR count). The smallest absolute Gasteiger partial charge is 0.147 e. The van der Waals surface area contributed by atoms with Gasteiger partial charge in [-0.1, -0.05) is 23.7 Å². The maximum absolute atomic E-state index is 5.68. The molecule has 0 aromatic carbocycles. The Bertz CT molecular complexity index is 1360. The highest BCUT2D eigenvalue weighted by atomic mass is 16.5. The second-order valence-electron chi connectivity index (χ2n) is 9.24. The summed E-state index contributed by atoms with van der Waals surface area (Å²) >= 11 is 0. The van der Waals surface area contributed by atoms with Gasteiger partial charge in [-0.05, 0) is 75.2 Å². The zero-order chi connectivity index (χ0) is 27.2. The molecule has 4 aromatic rings. The number of ether oxygens (including phenoxy) is 2. The molecule has 6 heterocycles. The van der Waals surface area contributed by atoms with Crippen LogP contribution in [0, 0.1) is 23.7 Å². The molecule has 40 heavy (non-hydrogen) atoms. The minimum absolute atomic E-state index is 0.304. The predicted octanol–water partition coefficient (Wildman–Crippen LogP) is 4.74. The summed E-state index contributed by atoms with van der Waals surface area (Å²) in [6, 6.07) is 11.8. The van der Waals surface area contributed by atoms with E-state index >= 15 is 0 Å². The summed E-state index contributed by atoms with van der Waals surface area (Å²) in [7, 11) is 0. The third-order valence-corrected chi connectivity index (χ3v) is 6.07. The monoisotopic (exact) mass is 530 g/mol. The fraction of sp³-hybridized carbons (Fsp3) is 0.250. The van der Waals surface area contributed by atoms with E-state index in [1.807, 2.05) is 36.4 Å². The van der Waals surface area contributed by atoms with Crippen molar-refractivity contribution >= 4 is 0 Å². The van der Waals surface area contributed by atoms with Crippen LogP contribution in [0.2, 0.25) is 0 Å². The molecule has 2 atom stereocenters. The molecule has 0 radical (unpaired) electrons. The maximum atomic E-state index is 5.68. The van der Waals surface area contributed by atoms with E-state index in [0.717, 1.165) is 37.1 Å². The zero-order valence-corrected chi connectivity index (χ0v) is 22.1. The number of nitrogens with zero attached hydrogens (tertiary/aromatic N) is 4. The quantitative estimate of drug-likeness (QED) is 0.366. The van der Waals surface area contributed by atoms with Crippen molar-refractivity contribution in [2.45, 2.75) is 37.8 Å². The summed E-state index contributed by atoms with van der Waals surface area (Å²) in [4.78, 5) is 16.3. The summed E-state index contributed by atoms with van der Waals surface area (Å²) < 4.78 is 11.4. The molecule has 0 unspecified atom stereocenters. The van der Waals surface area contributed by atoms with Crippen molar-refractivity contribution in [1.82, 2.24) is 30.6 Å². The Morgan fingerprint density at radius 2 is 1.07 bits per heavy atom. The van der Waals surface area contributed by atoms with Gasteiger partial charge < -0.3 is 20.1 Å². The van der Waals surface area contributed by atoms with E-state index in [2.05, 4.69) is 54.3 Å². The Kier molecular flexibility index (Phi) is 9.67. The van der Waals surface area contributed by atoms with E-state index in [-0.39, 0.29) is 0 Å². The first kappa shape index (κ1) is 26.8. The lowest BCUT2D eigenvalue weighted by atomic mass is 10.2. The molecule has 2 aliphatic heterocycles. The van der Waals surface area contributed by atoms with Crippen molar-refractivity contribution in [2.75, 3.05) is 13.1 Å². The molecule has 4 aromatic heterocycles. The highest BCUT2D eigenvalue weighted by Crippen LogP contribution is 2.21. The van der Waals surface area contributed by atoms with Crippen LogP contribution in [0.15, 0.2) is 86.0 Å². The van der Waals surface area contributed by atoms with Gasteiger partial charge in [0.15, 0.2) is 0 Å². The van der Waals surface area contributed by atoms with Gasteiger partial charge in [-0.3, -0.25) is 19.9 Å². The fourth-order valence-electron chi connectivity index (χ4n) is 4.13. The number of pyridine rings is 4. The van der Waals surface area contributed by atoms with Crippen LogP contribution < -0.4 is 20.1 Å². The summed E-state index contributed by atoms with van der Waals surface area (Å²) in [6.07, 6.45) is 18.2. The van der Waals surface area contributed by atoms with Crippen LogP contribution in [0.25, 0.3) is 0 Å². The minimum Gasteiger partial charge on any atom is -0.454 e. The number of rotatable bonds is 4. The van der Waals surface area contributed by atoms with Crippen molar-refractivity contribution in [1.29, 1.82) is 0 Å². The number of nitrogens with one attached hydrogen (secondary N) is 2. The van der Waals surface area contributed by atoms with Gasteiger partial charge in [0.05, 0.1) is 36.9 Å². The lowest BCUT2D eigenvalue weighted by molar-refractivity contribution is 0.477. The zero-order valence-electron chi connectivity index (χ0n) is 22.1. The average molecular weight is 531 g/mol. The van der Waals surface area contributed by atoms with Gasteiger partial charge in [0.2, 0.25) is 0 Å². The largest absolute Gasteiger partial charge is 0.454 e. The van der Waals surface area contributed by atoms with Crippen LogP contribution in [-0.4, -0.2) is 45.1 Å². The predicted molar refractivity (Wildman–Crippen MR) is 153 cm³/mol. The topological polar surface area (TPSA) is 94.1 Å². The van der Waals surface area contributed by atoms with Crippen molar-refractivity contribution in [2.24, 2.45) is 0 Å². The lowest BCUT2D eigenvalue weighted by Crippen LogP contribution is -2.18. The Balaban J connectivity index is 0.000000161. The normalized spacial score (nSPS) is 17.3. The van der Waals surface area contributed by atoms with E-state index in [0.29, 0.717) is 35.1 Å². The number of hydrogen-bond acceptors (Lipinski definition) is 8. The molecule has 2 fully saturated rings. The third kappa shape index (κ3) is 8.64. The molecule has 8 nitrogen and oxygen atoms in total. The Morgan fingerprint density at radius 3 is 1.48 bits per heavy atom. The number of hydrogen-bond donors (Lipinski definition) is 2. The van der Waals surface area contributed by atoms with E-state index in [1.165, 1.54) is 12.8 Å². The third-order valence-electron chi connectivity index (χ3n) is 6.07. The molecule has 0 bridgehead atoms. The molecular formula is C32H30N6O2. The Morgan fingerprint density at radius 1 is 0.600 bits per heavy atom. The fourth-order valence-corrected chi connectivity index (χ4v) is 4.13. The van der Waals surface area contributed by atoms with Crippen molar-refractivity contribution < 1.29 is 9.47 Å². The maximum Gasteiger partial charge on any atom is 0.147 e. The van der Waals surface area contributed by atoms with Gasteiger partial charge in [0.25, 0.3) is 0 Å².